The van der Waals surface area contributed by atoms with Crippen molar-refractivity contribution in [2.24, 2.45) is 0 Å². The zero-order valence-corrected chi connectivity index (χ0v) is 19.2. The number of aryl methyl sites for hydroxylation is 1. The van der Waals surface area contributed by atoms with E-state index in [0.717, 1.165) is 45.1 Å². The van der Waals surface area contributed by atoms with Gasteiger partial charge in [0.05, 0.1) is 22.6 Å². The molecule has 0 saturated heterocycles. The highest BCUT2D eigenvalue weighted by atomic mass is 16.4. The molecule has 1 aliphatic heterocycles. The third kappa shape index (κ3) is 3.03. The molecule has 0 aliphatic carbocycles. The van der Waals surface area contributed by atoms with E-state index < -0.39 is 0 Å². The Balaban J connectivity index is 1.67. The summed E-state index contributed by atoms with van der Waals surface area (Å²) in [6.07, 6.45) is 0. The average molecular weight is 449 g/mol. The molecule has 3 heterocycles. The monoisotopic (exact) mass is 448 g/mol. The lowest BCUT2D eigenvalue weighted by Crippen LogP contribution is -2.23. The number of para-hydroxylation sites is 2. The predicted molar refractivity (Wildman–Crippen MR) is 136 cm³/mol. The first kappa shape index (κ1) is 20.3. The number of nitrogens with one attached hydrogen (secondary N) is 1. The van der Waals surface area contributed by atoms with Crippen LogP contribution in [0.2, 0.25) is 0 Å². The molecular formula is C28H24N4O2. The number of hydrogen-bond acceptors (Lipinski definition) is 5. The molecular weight excluding hydrogens is 424 g/mol. The van der Waals surface area contributed by atoms with Gasteiger partial charge in [0.2, 0.25) is 0 Å². The number of nitrogens with zero attached hydrogens (tertiary/aromatic N) is 3. The minimum absolute atomic E-state index is 0.305. The van der Waals surface area contributed by atoms with Gasteiger partial charge in [-0.3, -0.25) is 0 Å². The lowest BCUT2D eigenvalue weighted by atomic mass is 9.82. The van der Waals surface area contributed by atoms with Gasteiger partial charge in [-0.2, -0.15) is 5.10 Å². The molecule has 168 valence electrons. The third-order valence-corrected chi connectivity index (χ3v) is 6.52. The van der Waals surface area contributed by atoms with E-state index in [9.17, 15) is 4.79 Å². The van der Waals surface area contributed by atoms with Crippen LogP contribution >= 0.6 is 0 Å². The van der Waals surface area contributed by atoms with Gasteiger partial charge >= 0.3 is 5.63 Å². The zero-order chi connectivity index (χ0) is 23.4. The number of benzene rings is 3. The van der Waals surface area contributed by atoms with Crippen molar-refractivity contribution in [1.82, 2.24) is 9.78 Å². The fourth-order valence-electron chi connectivity index (χ4n) is 4.88. The molecule has 0 amide bonds. The fraction of sp³-hybridized carbons (Fsp3) is 0.143. The van der Waals surface area contributed by atoms with E-state index in [0.29, 0.717) is 11.1 Å². The van der Waals surface area contributed by atoms with E-state index in [4.69, 9.17) is 9.52 Å². The highest BCUT2D eigenvalue weighted by Crippen LogP contribution is 2.47. The highest BCUT2D eigenvalue weighted by Gasteiger charge is 2.36. The van der Waals surface area contributed by atoms with E-state index >= 15 is 0 Å². The Hall–Kier alpha value is -4.32. The summed E-state index contributed by atoms with van der Waals surface area (Å²) in [5.41, 5.74) is 6.54. The van der Waals surface area contributed by atoms with Crippen LogP contribution in [0, 0.1) is 6.92 Å². The van der Waals surface area contributed by atoms with Crippen molar-refractivity contribution >= 4 is 28.2 Å². The lowest BCUT2D eigenvalue weighted by Gasteiger charge is -2.28. The summed E-state index contributed by atoms with van der Waals surface area (Å²) in [7, 11) is 4.03. The SMILES string of the molecule is Cc1nn(-c2ccccc2)c2c1C(c1ccc(N(C)C)cc1)c1c(c3ccccc3oc1=O)N2. The van der Waals surface area contributed by atoms with Crippen LogP contribution < -0.4 is 15.8 Å². The first-order valence-corrected chi connectivity index (χ1v) is 11.3. The zero-order valence-electron chi connectivity index (χ0n) is 19.2. The van der Waals surface area contributed by atoms with Crippen LogP contribution in [0.4, 0.5) is 17.2 Å². The van der Waals surface area contributed by atoms with Crippen LogP contribution in [0.25, 0.3) is 16.7 Å². The molecule has 2 aromatic heterocycles. The molecule has 5 aromatic rings. The van der Waals surface area contributed by atoms with Crippen molar-refractivity contribution in [1.29, 1.82) is 0 Å². The van der Waals surface area contributed by atoms with Gasteiger partial charge in [0.25, 0.3) is 0 Å². The molecule has 6 heteroatoms. The Labute approximate surface area is 197 Å². The molecule has 1 N–H and O–H groups in total. The van der Waals surface area contributed by atoms with Gasteiger partial charge < -0.3 is 14.6 Å². The van der Waals surface area contributed by atoms with E-state index in [2.05, 4.69) is 34.5 Å². The first-order valence-electron chi connectivity index (χ1n) is 11.3. The van der Waals surface area contributed by atoms with E-state index in [1.807, 2.05) is 80.3 Å². The average Bonchev–Trinajstić information content (AvgIpc) is 3.19. The molecule has 6 nitrogen and oxygen atoms in total. The maximum atomic E-state index is 13.4. The summed E-state index contributed by atoms with van der Waals surface area (Å²) in [5, 5.41) is 9.34. The molecule has 34 heavy (non-hydrogen) atoms. The number of anilines is 3. The van der Waals surface area contributed by atoms with Crippen LogP contribution in [0.5, 0.6) is 0 Å². The van der Waals surface area contributed by atoms with Crippen LogP contribution in [0.15, 0.2) is 88.1 Å². The minimum Gasteiger partial charge on any atom is -0.422 e. The molecule has 6 rings (SSSR count). The van der Waals surface area contributed by atoms with E-state index in [-0.39, 0.29) is 11.5 Å². The Morgan fingerprint density at radius 3 is 2.35 bits per heavy atom. The highest BCUT2D eigenvalue weighted by molar-refractivity contribution is 5.96. The second-order valence-electron chi connectivity index (χ2n) is 8.81. The Kier molecular flexibility index (Phi) is 4.55. The second-order valence-corrected chi connectivity index (χ2v) is 8.81. The van der Waals surface area contributed by atoms with E-state index in [1.54, 1.807) is 0 Å². The summed E-state index contributed by atoms with van der Waals surface area (Å²) in [6.45, 7) is 1.99. The standard InChI is InChI=1S/C28H24N4O2/c1-17-23-24(18-13-15-19(16-14-18)31(2)3)25-26(21-11-7-8-12-22(21)34-28(25)33)29-27(23)32(30-17)20-9-5-4-6-10-20/h4-16,24,29H,1-3H3. The molecule has 0 bridgehead atoms. The smallest absolute Gasteiger partial charge is 0.342 e. The van der Waals surface area contributed by atoms with Gasteiger partial charge in [0.1, 0.15) is 11.4 Å². The van der Waals surface area contributed by atoms with Crippen LogP contribution in [0.1, 0.15) is 28.3 Å². The Bertz CT molecular complexity index is 1580. The van der Waals surface area contributed by atoms with Gasteiger partial charge in [0.15, 0.2) is 0 Å². The van der Waals surface area contributed by atoms with Crippen molar-refractivity contribution in [2.75, 3.05) is 24.3 Å². The number of aromatic nitrogens is 2. The van der Waals surface area contributed by atoms with Gasteiger partial charge in [-0.1, -0.05) is 42.5 Å². The number of rotatable bonds is 3. The van der Waals surface area contributed by atoms with Gasteiger partial charge in [0, 0.05) is 36.7 Å². The molecule has 3 aromatic carbocycles. The van der Waals surface area contributed by atoms with Gasteiger partial charge in [-0.25, -0.2) is 9.48 Å². The van der Waals surface area contributed by atoms with Crippen LogP contribution in [-0.4, -0.2) is 23.9 Å². The molecule has 1 aliphatic rings. The summed E-state index contributed by atoms with van der Waals surface area (Å²) >= 11 is 0. The Morgan fingerprint density at radius 1 is 0.912 bits per heavy atom. The topological polar surface area (TPSA) is 63.3 Å². The number of fused-ring (bicyclic) bond motifs is 4. The summed E-state index contributed by atoms with van der Waals surface area (Å²) < 4.78 is 7.72. The molecule has 0 saturated carbocycles. The van der Waals surface area contributed by atoms with Gasteiger partial charge in [-0.15, -0.1) is 0 Å². The number of hydrogen-bond donors (Lipinski definition) is 1. The summed E-state index contributed by atoms with van der Waals surface area (Å²) in [5.74, 6) is 0.564. The van der Waals surface area contributed by atoms with Gasteiger partial charge in [-0.05, 0) is 48.9 Å². The summed E-state index contributed by atoms with van der Waals surface area (Å²) in [6, 6.07) is 26.0. The van der Waals surface area contributed by atoms with Crippen molar-refractivity contribution in [2.45, 2.75) is 12.8 Å². The summed E-state index contributed by atoms with van der Waals surface area (Å²) in [4.78, 5) is 15.5. The molecule has 1 unspecified atom stereocenters. The fourth-order valence-corrected chi connectivity index (χ4v) is 4.88. The first-order chi connectivity index (χ1) is 16.5. The quantitative estimate of drug-likeness (QED) is 0.358. The van der Waals surface area contributed by atoms with Crippen molar-refractivity contribution in [3.8, 4) is 5.69 Å². The Morgan fingerprint density at radius 2 is 1.62 bits per heavy atom. The minimum atomic E-state index is -0.333. The molecule has 0 fully saturated rings. The van der Waals surface area contributed by atoms with Crippen molar-refractivity contribution in [3.05, 3.63) is 112 Å². The maximum Gasteiger partial charge on any atom is 0.342 e. The lowest BCUT2D eigenvalue weighted by molar-refractivity contribution is 0.548. The molecule has 0 radical (unpaired) electrons. The predicted octanol–water partition coefficient (Wildman–Crippen LogP) is 5.59. The normalized spacial score (nSPS) is 14.4. The van der Waals surface area contributed by atoms with Crippen molar-refractivity contribution < 1.29 is 4.42 Å². The largest absolute Gasteiger partial charge is 0.422 e. The van der Waals surface area contributed by atoms with Crippen molar-refractivity contribution in [3.63, 3.8) is 0 Å². The molecule has 0 spiro atoms. The van der Waals surface area contributed by atoms with Crippen LogP contribution in [-0.2, 0) is 0 Å². The van der Waals surface area contributed by atoms with Crippen LogP contribution in [0.3, 0.4) is 0 Å². The second kappa shape index (κ2) is 7.63. The molecule has 1 atom stereocenters. The third-order valence-electron chi connectivity index (χ3n) is 6.52. The van der Waals surface area contributed by atoms with E-state index in [1.165, 1.54) is 0 Å². The maximum absolute atomic E-state index is 13.4.